The predicted molar refractivity (Wildman–Crippen MR) is 282 cm³/mol. The van der Waals surface area contributed by atoms with Gasteiger partial charge in [-0.05, 0) is 38.1 Å². The maximum absolute atomic E-state index is 3.36. The molecular formula is C60H119N. The third-order valence-electron chi connectivity index (χ3n) is 13.9. The molecule has 0 aliphatic rings. The topological polar surface area (TPSA) is 12.0 Å². The Balaban J connectivity index is 3.14. The summed E-state index contributed by atoms with van der Waals surface area (Å²) < 4.78 is 0. The van der Waals surface area contributed by atoms with Crippen LogP contribution in [0.5, 0.6) is 0 Å². The van der Waals surface area contributed by atoms with E-state index in [4.69, 9.17) is 0 Å². The molecule has 1 N–H and O–H groups in total. The molecule has 364 valence electrons. The van der Waals surface area contributed by atoms with Gasteiger partial charge in [0.1, 0.15) is 0 Å². The molecule has 0 amide bonds. The predicted octanol–water partition coefficient (Wildman–Crippen LogP) is 22.7. The van der Waals surface area contributed by atoms with E-state index in [-0.39, 0.29) is 0 Å². The summed E-state index contributed by atoms with van der Waals surface area (Å²) in [5.41, 5.74) is 0. The molecule has 0 saturated heterocycles. The van der Waals surface area contributed by atoms with Crippen molar-refractivity contribution in [3.8, 4) is 0 Å². The lowest BCUT2D eigenvalue weighted by molar-refractivity contribution is 0.515. The van der Waals surface area contributed by atoms with Gasteiger partial charge in [0.25, 0.3) is 0 Å². The molecule has 0 unspecified atom stereocenters. The summed E-state index contributed by atoms with van der Waals surface area (Å²) in [4.78, 5) is 0. The van der Waals surface area contributed by atoms with Crippen molar-refractivity contribution in [3.63, 3.8) is 0 Å². The Bertz CT molecular complexity index is 718. The first-order valence-electron chi connectivity index (χ1n) is 29.5. The van der Waals surface area contributed by atoms with E-state index < -0.39 is 0 Å². The average Bonchev–Trinajstić information content (AvgIpc) is 3.27. The zero-order chi connectivity index (χ0) is 43.7. The molecule has 0 heterocycles. The number of nitrogens with one attached hydrogen (secondary N) is 1. The first-order valence-corrected chi connectivity index (χ1v) is 29.5. The van der Waals surface area contributed by atoms with Gasteiger partial charge < -0.3 is 5.32 Å². The second-order valence-corrected chi connectivity index (χ2v) is 20.2. The minimum absolute atomic E-state index is 1.22. The van der Waals surface area contributed by atoms with Crippen molar-refractivity contribution in [2.75, 3.05) is 0 Å². The van der Waals surface area contributed by atoms with Gasteiger partial charge in [0, 0.05) is 0 Å². The first kappa shape index (κ1) is 60.3. The second-order valence-electron chi connectivity index (χ2n) is 20.2. The van der Waals surface area contributed by atoms with E-state index in [1.807, 2.05) is 0 Å². The highest BCUT2D eigenvalue weighted by atomic mass is 14.8. The number of allylic oxidation sites excluding steroid dienone is 2. The number of hydrogen-bond acceptors (Lipinski definition) is 1. The largest absolute Gasteiger partial charge is 0.368 e. The molecular weight excluding hydrogens is 735 g/mol. The summed E-state index contributed by atoms with van der Waals surface area (Å²) in [6.07, 6.45) is 87.5. The Hall–Kier alpha value is -0.720. The van der Waals surface area contributed by atoms with Crippen molar-refractivity contribution in [2.45, 2.75) is 361 Å². The smallest absolute Gasteiger partial charge is 0.00358 e. The van der Waals surface area contributed by atoms with Gasteiger partial charge in [0.2, 0.25) is 0 Å². The van der Waals surface area contributed by atoms with Crippen LogP contribution in [0.15, 0.2) is 24.6 Å². The summed E-state index contributed by atoms with van der Waals surface area (Å²) in [5, 5.41) is 3.36. The molecule has 0 aliphatic carbocycles. The third kappa shape index (κ3) is 59.3. The lowest BCUT2D eigenvalue weighted by atomic mass is 10.0. The molecule has 0 fully saturated rings. The third-order valence-corrected chi connectivity index (χ3v) is 13.9. The van der Waals surface area contributed by atoms with Crippen molar-refractivity contribution in [3.05, 3.63) is 24.6 Å². The molecule has 0 rings (SSSR count). The number of rotatable bonds is 56. The zero-order valence-corrected chi connectivity index (χ0v) is 43.0. The van der Waals surface area contributed by atoms with Crippen LogP contribution in [0.1, 0.15) is 361 Å². The molecule has 0 saturated carbocycles. The summed E-state index contributed by atoms with van der Waals surface area (Å²) in [6.45, 7) is 4.62. The molecule has 0 aromatic rings. The molecule has 1 nitrogen and oxygen atoms in total. The van der Waals surface area contributed by atoms with Gasteiger partial charge in [-0.2, -0.15) is 0 Å². The SMILES string of the molecule is CCCCCCCCCCCCCCCCCCCCCCCCCCCCC=CNC=CCCCCCCCCCCCCCCCCCCCCCCCCCCCC. The summed E-state index contributed by atoms with van der Waals surface area (Å²) in [6, 6.07) is 0. The van der Waals surface area contributed by atoms with Crippen molar-refractivity contribution in [2.24, 2.45) is 0 Å². The molecule has 0 spiro atoms. The lowest BCUT2D eigenvalue weighted by Gasteiger charge is -2.04. The van der Waals surface area contributed by atoms with E-state index >= 15 is 0 Å². The van der Waals surface area contributed by atoms with Crippen LogP contribution in [0.4, 0.5) is 0 Å². The van der Waals surface area contributed by atoms with Gasteiger partial charge in [0.05, 0.1) is 0 Å². The van der Waals surface area contributed by atoms with Crippen LogP contribution < -0.4 is 5.32 Å². The van der Waals surface area contributed by atoms with Crippen molar-refractivity contribution in [1.82, 2.24) is 5.32 Å². The van der Waals surface area contributed by atoms with Gasteiger partial charge in [0.15, 0.2) is 0 Å². The molecule has 1 heteroatoms. The average molecular weight is 855 g/mol. The molecule has 0 atom stereocenters. The van der Waals surface area contributed by atoms with E-state index in [1.165, 1.54) is 347 Å². The second kappa shape index (κ2) is 59.3. The maximum atomic E-state index is 3.36. The van der Waals surface area contributed by atoms with E-state index in [9.17, 15) is 0 Å². The van der Waals surface area contributed by atoms with E-state index in [0.717, 1.165) is 0 Å². The highest BCUT2D eigenvalue weighted by Gasteiger charge is 1.99. The summed E-state index contributed by atoms with van der Waals surface area (Å²) in [5.74, 6) is 0. The quantitative estimate of drug-likeness (QED) is 0.0601. The minimum Gasteiger partial charge on any atom is -0.368 e. The van der Waals surface area contributed by atoms with E-state index in [2.05, 4.69) is 43.7 Å². The van der Waals surface area contributed by atoms with Gasteiger partial charge in [-0.25, -0.2) is 0 Å². The normalized spacial score (nSPS) is 11.9. The Morgan fingerprint density at radius 3 is 0.459 bits per heavy atom. The fraction of sp³-hybridized carbons (Fsp3) is 0.933. The Morgan fingerprint density at radius 2 is 0.311 bits per heavy atom. The summed E-state index contributed by atoms with van der Waals surface area (Å²) >= 11 is 0. The molecule has 0 aliphatic heterocycles. The van der Waals surface area contributed by atoms with Crippen molar-refractivity contribution < 1.29 is 0 Å². The first-order chi connectivity index (χ1) is 30.4. The van der Waals surface area contributed by atoms with Crippen molar-refractivity contribution in [1.29, 1.82) is 0 Å². The molecule has 0 bridgehead atoms. The fourth-order valence-electron chi connectivity index (χ4n) is 9.51. The van der Waals surface area contributed by atoms with Gasteiger partial charge in [-0.15, -0.1) is 0 Å². The van der Waals surface area contributed by atoms with Crippen molar-refractivity contribution >= 4 is 0 Å². The minimum atomic E-state index is 1.22. The summed E-state index contributed by atoms with van der Waals surface area (Å²) in [7, 11) is 0. The number of hydrogen-bond donors (Lipinski definition) is 1. The standard InChI is InChI=1S/C60H119N/c1-3-5-7-9-11-13-15-17-19-21-23-25-27-29-31-33-35-37-39-41-43-45-47-49-51-53-55-57-59-61-60-58-56-54-52-50-48-46-44-42-40-38-36-34-32-30-28-26-24-22-20-18-16-14-12-10-8-6-4-2/h57-61H,3-56H2,1-2H3. The Kier molecular flexibility index (Phi) is 58.6. The molecule has 0 radical (unpaired) electrons. The van der Waals surface area contributed by atoms with Gasteiger partial charge >= 0.3 is 0 Å². The van der Waals surface area contributed by atoms with Crippen LogP contribution in [0, 0.1) is 0 Å². The fourth-order valence-corrected chi connectivity index (χ4v) is 9.51. The van der Waals surface area contributed by atoms with Crippen LogP contribution in [0.25, 0.3) is 0 Å². The zero-order valence-electron chi connectivity index (χ0n) is 43.0. The highest BCUT2D eigenvalue weighted by Crippen LogP contribution is 2.18. The van der Waals surface area contributed by atoms with E-state index in [1.54, 1.807) is 0 Å². The van der Waals surface area contributed by atoms with Gasteiger partial charge in [-0.1, -0.05) is 347 Å². The molecule has 61 heavy (non-hydrogen) atoms. The van der Waals surface area contributed by atoms with Gasteiger partial charge in [-0.3, -0.25) is 0 Å². The highest BCUT2D eigenvalue weighted by molar-refractivity contribution is 4.88. The van der Waals surface area contributed by atoms with Crippen LogP contribution in [-0.4, -0.2) is 0 Å². The molecule has 0 aromatic heterocycles. The van der Waals surface area contributed by atoms with Crippen LogP contribution in [0.3, 0.4) is 0 Å². The van der Waals surface area contributed by atoms with Crippen LogP contribution in [0.2, 0.25) is 0 Å². The maximum Gasteiger partial charge on any atom is -0.00358 e. The number of unbranched alkanes of at least 4 members (excludes halogenated alkanes) is 52. The monoisotopic (exact) mass is 854 g/mol. The molecule has 0 aromatic carbocycles. The van der Waals surface area contributed by atoms with Crippen LogP contribution >= 0.6 is 0 Å². The lowest BCUT2D eigenvalue weighted by Crippen LogP contribution is -1.91. The Labute approximate surface area is 388 Å². The van der Waals surface area contributed by atoms with Crippen LogP contribution in [-0.2, 0) is 0 Å². The Morgan fingerprint density at radius 1 is 0.180 bits per heavy atom. The van der Waals surface area contributed by atoms with E-state index in [0.29, 0.717) is 0 Å².